The molecular formula is C13H10N4O. The first kappa shape index (κ1) is 10.6. The van der Waals surface area contributed by atoms with Crippen LogP contribution < -0.4 is 5.56 Å². The Labute approximate surface area is 103 Å². The van der Waals surface area contributed by atoms with Gasteiger partial charge in [-0.25, -0.2) is 5.10 Å². The molecule has 3 aromatic rings. The van der Waals surface area contributed by atoms with Crippen molar-refractivity contribution >= 4 is 10.9 Å². The fourth-order valence-corrected chi connectivity index (χ4v) is 1.87. The first-order valence-corrected chi connectivity index (χ1v) is 5.56. The van der Waals surface area contributed by atoms with Crippen molar-refractivity contribution in [1.82, 2.24) is 20.2 Å². The monoisotopic (exact) mass is 238 g/mol. The zero-order valence-electron chi connectivity index (χ0n) is 9.50. The minimum Gasteiger partial charge on any atom is -0.267 e. The van der Waals surface area contributed by atoms with Crippen LogP contribution in [0.3, 0.4) is 0 Å². The summed E-state index contributed by atoms with van der Waals surface area (Å²) in [6.45, 7) is 0. The Hall–Kier alpha value is -2.56. The highest BCUT2D eigenvalue weighted by atomic mass is 16.1. The summed E-state index contributed by atoms with van der Waals surface area (Å²) in [7, 11) is 0. The van der Waals surface area contributed by atoms with Gasteiger partial charge in [-0.3, -0.25) is 14.8 Å². The van der Waals surface area contributed by atoms with Crippen LogP contribution in [0, 0.1) is 0 Å². The SMILES string of the molecule is O=c1[nH]nc(Cc2ccncc2)c2ncccc12. The number of hydrogen-bond donors (Lipinski definition) is 1. The molecule has 0 saturated heterocycles. The second-order valence-corrected chi connectivity index (χ2v) is 3.93. The van der Waals surface area contributed by atoms with Gasteiger partial charge in [0.15, 0.2) is 0 Å². The Morgan fingerprint density at radius 2 is 1.94 bits per heavy atom. The van der Waals surface area contributed by atoms with Gasteiger partial charge in [0.05, 0.1) is 16.6 Å². The molecule has 0 aliphatic rings. The molecule has 5 nitrogen and oxygen atoms in total. The molecule has 0 unspecified atom stereocenters. The number of hydrogen-bond acceptors (Lipinski definition) is 4. The van der Waals surface area contributed by atoms with Crippen LogP contribution in [0.25, 0.3) is 10.9 Å². The van der Waals surface area contributed by atoms with Crippen LogP contribution in [-0.4, -0.2) is 20.2 Å². The normalized spacial score (nSPS) is 10.7. The van der Waals surface area contributed by atoms with E-state index in [9.17, 15) is 4.79 Å². The molecule has 0 aliphatic carbocycles. The number of nitrogens with one attached hydrogen (secondary N) is 1. The first-order chi connectivity index (χ1) is 8.84. The Morgan fingerprint density at radius 3 is 2.78 bits per heavy atom. The summed E-state index contributed by atoms with van der Waals surface area (Å²) >= 11 is 0. The van der Waals surface area contributed by atoms with E-state index in [0.717, 1.165) is 11.3 Å². The molecule has 0 saturated carbocycles. The molecule has 3 aromatic heterocycles. The van der Waals surface area contributed by atoms with E-state index in [0.29, 0.717) is 17.3 Å². The van der Waals surface area contributed by atoms with Gasteiger partial charge in [-0.1, -0.05) is 0 Å². The van der Waals surface area contributed by atoms with Crippen molar-refractivity contribution in [1.29, 1.82) is 0 Å². The van der Waals surface area contributed by atoms with E-state index in [2.05, 4.69) is 20.2 Å². The molecule has 0 atom stereocenters. The third-order valence-corrected chi connectivity index (χ3v) is 2.74. The highest BCUT2D eigenvalue weighted by Gasteiger charge is 2.07. The molecule has 0 radical (unpaired) electrons. The maximum atomic E-state index is 11.6. The standard InChI is InChI=1S/C13H10N4O/c18-13-10-2-1-5-15-12(10)11(16-17-13)8-9-3-6-14-7-4-9/h1-7H,8H2,(H,17,18). The van der Waals surface area contributed by atoms with Crippen LogP contribution in [0.4, 0.5) is 0 Å². The van der Waals surface area contributed by atoms with Gasteiger partial charge in [-0.05, 0) is 29.8 Å². The van der Waals surface area contributed by atoms with E-state index in [1.807, 2.05) is 12.1 Å². The van der Waals surface area contributed by atoms with Gasteiger partial charge >= 0.3 is 0 Å². The molecule has 0 spiro atoms. The molecule has 0 amide bonds. The predicted molar refractivity (Wildman–Crippen MR) is 67.2 cm³/mol. The van der Waals surface area contributed by atoms with E-state index in [-0.39, 0.29) is 5.56 Å². The number of nitrogens with zero attached hydrogens (tertiary/aromatic N) is 3. The van der Waals surface area contributed by atoms with Crippen molar-refractivity contribution in [3.63, 3.8) is 0 Å². The number of H-pyrrole nitrogens is 1. The van der Waals surface area contributed by atoms with Crippen molar-refractivity contribution in [2.45, 2.75) is 6.42 Å². The second kappa shape index (κ2) is 4.37. The highest BCUT2D eigenvalue weighted by molar-refractivity contribution is 5.79. The van der Waals surface area contributed by atoms with E-state index >= 15 is 0 Å². The first-order valence-electron chi connectivity index (χ1n) is 5.56. The summed E-state index contributed by atoms with van der Waals surface area (Å²) < 4.78 is 0. The quantitative estimate of drug-likeness (QED) is 0.730. The third-order valence-electron chi connectivity index (χ3n) is 2.74. The van der Waals surface area contributed by atoms with Gasteiger partial charge < -0.3 is 0 Å². The number of pyridine rings is 2. The zero-order chi connectivity index (χ0) is 12.4. The molecule has 88 valence electrons. The largest absolute Gasteiger partial charge is 0.273 e. The van der Waals surface area contributed by atoms with Gasteiger partial charge in [-0.15, -0.1) is 0 Å². The molecular weight excluding hydrogens is 228 g/mol. The Morgan fingerprint density at radius 1 is 1.11 bits per heavy atom. The maximum Gasteiger partial charge on any atom is 0.273 e. The Balaban J connectivity index is 2.13. The number of aromatic amines is 1. The van der Waals surface area contributed by atoms with Crippen LogP contribution >= 0.6 is 0 Å². The summed E-state index contributed by atoms with van der Waals surface area (Å²) in [5, 5.41) is 7.15. The van der Waals surface area contributed by atoms with E-state index in [4.69, 9.17) is 0 Å². The molecule has 0 fully saturated rings. The van der Waals surface area contributed by atoms with Crippen LogP contribution in [0.15, 0.2) is 47.7 Å². The molecule has 5 heteroatoms. The van der Waals surface area contributed by atoms with Crippen molar-refractivity contribution in [2.75, 3.05) is 0 Å². The highest BCUT2D eigenvalue weighted by Crippen LogP contribution is 2.13. The summed E-state index contributed by atoms with van der Waals surface area (Å²) in [4.78, 5) is 19.8. The van der Waals surface area contributed by atoms with Crippen LogP contribution in [-0.2, 0) is 6.42 Å². The molecule has 18 heavy (non-hydrogen) atoms. The molecule has 0 bridgehead atoms. The van der Waals surface area contributed by atoms with Crippen LogP contribution in [0.1, 0.15) is 11.3 Å². The van der Waals surface area contributed by atoms with Crippen molar-refractivity contribution < 1.29 is 0 Å². The average Bonchev–Trinajstić information content (AvgIpc) is 2.44. The lowest BCUT2D eigenvalue weighted by Crippen LogP contribution is -2.12. The van der Waals surface area contributed by atoms with Gasteiger partial charge in [-0.2, -0.15) is 5.10 Å². The van der Waals surface area contributed by atoms with Gasteiger partial charge in [0, 0.05) is 25.0 Å². The average molecular weight is 238 g/mol. The minimum absolute atomic E-state index is 0.212. The second-order valence-electron chi connectivity index (χ2n) is 3.93. The maximum absolute atomic E-state index is 11.6. The number of rotatable bonds is 2. The summed E-state index contributed by atoms with van der Waals surface area (Å²) in [6, 6.07) is 7.33. The molecule has 0 aliphatic heterocycles. The van der Waals surface area contributed by atoms with Crippen molar-refractivity contribution in [3.8, 4) is 0 Å². The van der Waals surface area contributed by atoms with E-state index in [1.165, 1.54) is 0 Å². The molecule has 1 N–H and O–H groups in total. The summed E-state index contributed by atoms with van der Waals surface area (Å²) in [5.74, 6) is 0. The molecule has 0 aromatic carbocycles. The Bertz CT molecular complexity index is 737. The smallest absolute Gasteiger partial charge is 0.267 e. The van der Waals surface area contributed by atoms with Gasteiger partial charge in [0.2, 0.25) is 0 Å². The fraction of sp³-hybridized carbons (Fsp3) is 0.0769. The third kappa shape index (κ3) is 1.86. The lowest BCUT2D eigenvalue weighted by atomic mass is 10.1. The predicted octanol–water partition coefficient (Wildman–Crippen LogP) is 1.30. The van der Waals surface area contributed by atoms with Gasteiger partial charge in [0.1, 0.15) is 0 Å². The number of aromatic nitrogens is 4. The van der Waals surface area contributed by atoms with Gasteiger partial charge in [0.25, 0.3) is 5.56 Å². The number of fused-ring (bicyclic) bond motifs is 1. The molecule has 3 rings (SSSR count). The summed E-state index contributed by atoms with van der Waals surface area (Å²) in [6.07, 6.45) is 5.75. The minimum atomic E-state index is -0.212. The lowest BCUT2D eigenvalue weighted by Gasteiger charge is -2.03. The summed E-state index contributed by atoms with van der Waals surface area (Å²) in [5.41, 5.74) is 2.28. The van der Waals surface area contributed by atoms with Crippen LogP contribution in [0.2, 0.25) is 0 Å². The van der Waals surface area contributed by atoms with E-state index in [1.54, 1.807) is 30.7 Å². The van der Waals surface area contributed by atoms with Crippen molar-refractivity contribution in [3.05, 3.63) is 64.5 Å². The van der Waals surface area contributed by atoms with Crippen LogP contribution in [0.5, 0.6) is 0 Å². The topological polar surface area (TPSA) is 71.5 Å². The van der Waals surface area contributed by atoms with Crippen molar-refractivity contribution in [2.24, 2.45) is 0 Å². The lowest BCUT2D eigenvalue weighted by molar-refractivity contribution is 0.926. The Kier molecular flexibility index (Phi) is 2.57. The molecule has 3 heterocycles. The fourth-order valence-electron chi connectivity index (χ4n) is 1.87. The van der Waals surface area contributed by atoms with E-state index < -0.39 is 0 Å². The zero-order valence-corrected chi connectivity index (χ0v) is 9.50.